The molecule has 2 saturated carbocycles. The van der Waals surface area contributed by atoms with Crippen LogP contribution >= 0.6 is 0 Å². The van der Waals surface area contributed by atoms with Crippen molar-refractivity contribution in [2.45, 2.75) is 65.2 Å². The van der Waals surface area contributed by atoms with Crippen LogP contribution in [-0.4, -0.2) is 0 Å². The Morgan fingerprint density at radius 2 is 1.42 bits per heavy atom. The van der Waals surface area contributed by atoms with Gasteiger partial charge >= 0.3 is 0 Å². The van der Waals surface area contributed by atoms with Crippen LogP contribution in [0.2, 0.25) is 0 Å². The van der Waals surface area contributed by atoms with Gasteiger partial charge in [-0.25, -0.2) is 0 Å². The molecule has 2 aliphatic carbocycles. The molecule has 0 aromatic carbocycles. The Labute approximate surface area is 77.7 Å². The Kier molecular flexibility index (Phi) is 4.72. The normalized spacial score (nSPS) is 33.5. The molecule has 2 aliphatic rings. The van der Waals surface area contributed by atoms with Crippen LogP contribution in [0.5, 0.6) is 0 Å². The second-order valence-electron chi connectivity index (χ2n) is 4.49. The Hall–Kier alpha value is 0. The second-order valence-corrected chi connectivity index (χ2v) is 4.49. The van der Waals surface area contributed by atoms with Crippen molar-refractivity contribution in [3.63, 3.8) is 0 Å². The molecule has 0 nitrogen and oxygen atoms in total. The molecule has 0 aromatic rings. The standard InChI is InChI=1S/C7H14.C5H10/c1-3-7-5-4-6(7)2;1-2-4-5-3-1/h6-7H,3-5H2,1-2H3;1-5H2. The Bertz CT molecular complexity index is 93.0. The fourth-order valence-corrected chi connectivity index (χ4v) is 2.23. The zero-order chi connectivity index (χ0) is 8.81. The molecular formula is C12H24. The highest BCUT2D eigenvalue weighted by molar-refractivity contribution is 4.75. The lowest BCUT2D eigenvalue weighted by atomic mass is 9.74. The number of rotatable bonds is 1. The van der Waals surface area contributed by atoms with Gasteiger partial charge in [-0.05, 0) is 18.3 Å². The molecular weight excluding hydrogens is 144 g/mol. The lowest BCUT2D eigenvalue weighted by Crippen LogP contribution is -2.21. The second kappa shape index (κ2) is 5.61. The molecule has 2 fully saturated rings. The molecule has 2 atom stereocenters. The summed E-state index contributed by atoms with van der Waals surface area (Å²) >= 11 is 0. The van der Waals surface area contributed by atoms with Crippen LogP contribution in [0.1, 0.15) is 65.2 Å². The predicted octanol–water partition coefficient (Wildman–Crippen LogP) is 4.39. The topological polar surface area (TPSA) is 0 Å². The average Bonchev–Trinajstić information content (AvgIpc) is 2.59. The molecule has 0 aliphatic heterocycles. The van der Waals surface area contributed by atoms with E-state index in [-0.39, 0.29) is 0 Å². The molecule has 0 N–H and O–H groups in total. The van der Waals surface area contributed by atoms with Crippen molar-refractivity contribution < 1.29 is 0 Å². The van der Waals surface area contributed by atoms with E-state index in [1.165, 1.54) is 51.4 Å². The Morgan fingerprint density at radius 3 is 1.50 bits per heavy atom. The fraction of sp³-hybridized carbons (Fsp3) is 1.00. The lowest BCUT2D eigenvalue weighted by molar-refractivity contribution is 0.190. The van der Waals surface area contributed by atoms with Crippen molar-refractivity contribution >= 4 is 0 Å². The van der Waals surface area contributed by atoms with Crippen molar-refractivity contribution in [1.29, 1.82) is 0 Å². The molecule has 72 valence electrons. The minimum atomic E-state index is 1.05. The van der Waals surface area contributed by atoms with Gasteiger partial charge in [0.1, 0.15) is 0 Å². The predicted molar refractivity (Wildman–Crippen MR) is 55.3 cm³/mol. The fourth-order valence-electron chi connectivity index (χ4n) is 2.23. The summed E-state index contributed by atoms with van der Waals surface area (Å²) in [5.41, 5.74) is 0. The van der Waals surface area contributed by atoms with Gasteiger partial charge in [-0.2, -0.15) is 0 Å². The van der Waals surface area contributed by atoms with Crippen LogP contribution < -0.4 is 0 Å². The van der Waals surface area contributed by atoms with E-state index in [0.29, 0.717) is 0 Å². The molecule has 0 bridgehead atoms. The van der Waals surface area contributed by atoms with E-state index in [9.17, 15) is 0 Å². The summed E-state index contributed by atoms with van der Waals surface area (Å²) in [5, 5.41) is 0. The summed E-state index contributed by atoms with van der Waals surface area (Å²) in [5.74, 6) is 2.13. The van der Waals surface area contributed by atoms with E-state index < -0.39 is 0 Å². The molecule has 0 heterocycles. The van der Waals surface area contributed by atoms with Gasteiger partial charge in [0.05, 0.1) is 0 Å². The van der Waals surface area contributed by atoms with Gasteiger partial charge in [0.15, 0.2) is 0 Å². The summed E-state index contributed by atoms with van der Waals surface area (Å²) in [7, 11) is 0. The van der Waals surface area contributed by atoms with E-state index in [0.717, 1.165) is 11.8 Å². The maximum Gasteiger partial charge on any atom is -0.0391 e. The number of hydrogen-bond donors (Lipinski definition) is 0. The molecule has 0 saturated heterocycles. The maximum absolute atomic E-state index is 2.36. The van der Waals surface area contributed by atoms with E-state index in [1.807, 2.05) is 0 Å². The quantitative estimate of drug-likeness (QED) is 0.544. The summed E-state index contributed by atoms with van der Waals surface area (Å²) < 4.78 is 0. The highest BCUT2D eigenvalue weighted by atomic mass is 14.3. The van der Waals surface area contributed by atoms with Crippen molar-refractivity contribution in [3.8, 4) is 0 Å². The molecule has 0 amide bonds. The first-order valence-corrected chi connectivity index (χ1v) is 5.84. The summed E-state index contributed by atoms with van der Waals surface area (Å²) in [6.45, 7) is 4.65. The van der Waals surface area contributed by atoms with Crippen LogP contribution in [0, 0.1) is 11.8 Å². The van der Waals surface area contributed by atoms with Crippen molar-refractivity contribution in [2.24, 2.45) is 11.8 Å². The largest absolute Gasteiger partial charge is 0.0651 e. The molecule has 2 unspecified atom stereocenters. The van der Waals surface area contributed by atoms with Crippen molar-refractivity contribution in [1.82, 2.24) is 0 Å². The highest BCUT2D eigenvalue weighted by Gasteiger charge is 2.23. The van der Waals surface area contributed by atoms with Crippen LogP contribution in [-0.2, 0) is 0 Å². The van der Waals surface area contributed by atoms with Gasteiger partial charge in [-0.15, -0.1) is 0 Å². The zero-order valence-electron chi connectivity index (χ0n) is 8.81. The van der Waals surface area contributed by atoms with Crippen molar-refractivity contribution in [2.75, 3.05) is 0 Å². The summed E-state index contributed by atoms with van der Waals surface area (Å²) in [4.78, 5) is 0. The third-order valence-corrected chi connectivity index (χ3v) is 3.57. The number of hydrogen-bond acceptors (Lipinski definition) is 0. The van der Waals surface area contributed by atoms with Gasteiger partial charge in [-0.1, -0.05) is 58.8 Å². The van der Waals surface area contributed by atoms with E-state index in [2.05, 4.69) is 13.8 Å². The first-order chi connectivity index (χ1) is 5.84. The molecule has 0 radical (unpaired) electrons. The molecule has 0 heteroatoms. The zero-order valence-corrected chi connectivity index (χ0v) is 8.81. The average molecular weight is 168 g/mol. The van der Waals surface area contributed by atoms with Gasteiger partial charge < -0.3 is 0 Å². The maximum atomic E-state index is 2.36. The van der Waals surface area contributed by atoms with Crippen LogP contribution in [0.3, 0.4) is 0 Å². The third-order valence-electron chi connectivity index (χ3n) is 3.57. The van der Waals surface area contributed by atoms with Gasteiger partial charge in [0.2, 0.25) is 0 Å². The van der Waals surface area contributed by atoms with E-state index in [1.54, 1.807) is 0 Å². The first-order valence-electron chi connectivity index (χ1n) is 5.84. The minimum absolute atomic E-state index is 1.05. The summed E-state index contributed by atoms with van der Waals surface area (Å²) in [6, 6.07) is 0. The van der Waals surface area contributed by atoms with Gasteiger partial charge in [-0.3, -0.25) is 0 Å². The SMILES string of the molecule is C1CCCC1.CCC1CCC1C. The van der Waals surface area contributed by atoms with Crippen molar-refractivity contribution in [3.05, 3.63) is 0 Å². The van der Waals surface area contributed by atoms with Gasteiger partial charge in [0, 0.05) is 0 Å². The third kappa shape index (κ3) is 3.16. The van der Waals surface area contributed by atoms with Gasteiger partial charge in [0.25, 0.3) is 0 Å². The smallest absolute Gasteiger partial charge is 0.0391 e. The molecule has 0 spiro atoms. The van der Waals surface area contributed by atoms with E-state index >= 15 is 0 Å². The van der Waals surface area contributed by atoms with E-state index in [4.69, 9.17) is 0 Å². The lowest BCUT2D eigenvalue weighted by Gasteiger charge is -2.32. The first kappa shape index (κ1) is 10.1. The molecule has 2 rings (SSSR count). The summed E-state index contributed by atoms with van der Waals surface area (Å²) in [6.07, 6.45) is 11.9. The van der Waals surface area contributed by atoms with Crippen LogP contribution in [0.25, 0.3) is 0 Å². The van der Waals surface area contributed by atoms with Crippen LogP contribution in [0.4, 0.5) is 0 Å². The Morgan fingerprint density at radius 1 is 0.917 bits per heavy atom. The molecule has 0 aromatic heterocycles. The minimum Gasteiger partial charge on any atom is -0.0651 e. The van der Waals surface area contributed by atoms with Crippen LogP contribution in [0.15, 0.2) is 0 Å². The highest BCUT2D eigenvalue weighted by Crippen LogP contribution is 2.35. The monoisotopic (exact) mass is 168 g/mol. The molecule has 12 heavy (non-hydrogen) atoms. The Balaban J connectivity index is 0.000000127.